The van der Waals surface area contributed by atoms with Crippen LogP contribution in [-0.4, -0.2) is 18.2 Å². The number of ether oxygens (including phenoxy) is 2. The van der Waals surface area contributed by atoms with Crippen LogP contribution >= 0.6 is 11.5 Å². The number of hydrogen-bond donors (Lipinski definition) is 0. The Morgan fingerprint density at radius 3 is 2.40 bits per heavy atom. The van der Waals surface area contributed by atoms with Crippen molar-refractivity contribution in [2.75, 3.05) is 14.2 Å². The van der Waals surface area contributed by atoms with Crippen LogP contribution in [0.2, 0.25) is 0 Å². The Bertz CT molecular complexity index is 819. The highest BCUT2D eigenvalue weighted by atomic mass is 32.1. The van der Waals surface area contributed by atoms with E-state index in [0.717, 1.165) is 10.4 Å². The SMILES string of the molecule is COc1ccccc1-n1sc2cccc(OC)c2c1=O. The molecule has 3 rings (SSSR count). The first kappa shape index (κ1) is 12.7. The van der Waals surface area contributed by atoms with Gasteiger partial charge in [0.2, 0.25) is 0 Å². The van der Waals surface area contributed by atoms with Gasteiger partial charge < -0.3 is 9.47 Å². The van der Waals surface area contributed by atoms with Gasteiger partial charge in [0, 0.05) is 0 Å². The van der Waals surface area contributed by atoms with E-state index < -0.39 is 0 Å². The molecule has 0 bridgehead atoms. The molecule has 1 aromatic heterocycles. The van der Waals surface area contributed by atoms with Crippen LogP contribution in [0.5, 0.6) is 11.5 Å². The van der Waals surface area contributed by atoms with Crippen molar-refractivity contribution in [1.82, 2.24) is 3.96 Å². The molecule has 102 valence electrons. The predicted molar refractivity (Wildman–Crippen MR) is 80.5 cm³/mol. The average Bonchev–Trinajstić information content (AvgIpc) is 2.84. The van der Waals surface area contributed by atoms with Gasteiger partial charge in [-0.3, -0.25) is 4.79 Å². The standard InChI is InChI=1S/C15H13NO3S/c1-18-11-7-4-3-6-10(11)16-15(17)14-12(19-2)8-5-9-13(14)20-16/h3-9H,1-2H3. The zero-order valence-corrected chi connectivity index (χ0v) is 11.9. The zero-order chi connectivity index (χ0) is 14.1. The van der Waals surface area contributed by atoms with Gasteiger partial charge in [-0.1, -0.05) is 29.7 Å². The summed E-state index contributed by atoms with van der Waals surface area (Å²) in [5, 5.41) is 0.603. The fraction of sp³-hybridized carbons (Fsp3) is 0.133. The largest absolute Gasteiger partial charge is 0.496 e. The summed E-state index contributed by atoms with van der Waals surface area (Å²) in [6, 6.07) is 13.0. The van der Waals surface area contributed by atoms with Gasteiger partial charge in [-0.15, -0.1) is 0 Å². The molecule has 0 unspecified atom stereocenters. The Hall–Kier alpha value is -2.27. The molecule has 4 nitrogen and oxygen atoms in total. The fourth-order valence-electron chi connectivity index (χ4n) is 2.17. The minimum atomic E-state index is -0.0908. The molecule has 0 aliphatic heterocycles. The Morgan fingerprint density at radius 1 is 0.950 bits per heavy atom. The van der Waals surface area contributed by atoms with Crippen molar-refractivity contribution in [2.24, 2.45) is 0 Å². The summed E-state index contributed by atoms with van der Waals surface area (Å²) in [5.74, 6) is 1.26. The highest BCUT2D eigenvalue weighted by molar-refractivity contribution is 7.14. The van der Waals surface area contributed by atoms with Crippen LogP contribution in [0.3, 0.4) is 0 Å². The summed E-state index contributed by atoms with van der Waals surface area (Å²) in [4.78, 5) is 12.6. The molecule has 2 aromatic carbocycles. The summed E-state index contributed by atoms with van der Waals surface area (Å²) in [7, 11) is 3.16. The van der Waals surface area contributed by atoms with Crippen LogP contribution in [0, 0.1) is 0 Å². The molecule has 0 fully saturated rings. The first-order valence-corrected chi connectivity index (χ1v) is 6.86. The van der Waals surface area contributed by atoms with Crippen molar-refractivity contribution in [1.29, 1.82) is 0 Å². The molecule has 5 heteroatoms. The molecule has 0 radical (unpaired) electrons. The van der Waals surface area contributed by atoms with Crippen LogP contribution in [0.25, 0.3) is 15.8 Å². The van der Waals surface area contributed by atoms with Crippen LogP contribution < -0.4 is 15.0 Å². The van der Waals surface area contributed by atoms with Crippen molar-refractivity contribution in [3.05, 3.63) is 52.8 Å². The van der Waals surface area contributed by atoms with Gasteiger partial charge in [0.1, 0.15) is 22.6 Å². The van der Waals surface area contributed by atoms with Crippen molar-refractivity contribution < 1.29 is 9.47 Å². The third-order valence-electron chi connectivity index (χ3n) is 3.10. The third-order valence-corrected chi connectivity index (χ3v) is 4.18. The van der Waals surface area contributed by atoms with Gasteiger partial charge in [0.05, 0.1) is 18.9 Å². The van der Waals surface area contributed by atoms with Gasteiger partial charge in [0.25, 0.3) is 5.56 Å². The normalized spacial score (nSPS) is 10.7. The quantitative estimate of drug-likeness (QED) is 0.743. The van der Waals surface area contributed by atoms with Crippen molar-refractivity contribution in [2.45, 2.75) is 0 Å². The van der Waals surface area contributed by atoms with Crippen LogP contribution in [0.15, 0.2) is 47.3 Å². The minimum absolute atomic E-state index is 0.0908. The number of hydrogen-bond acceptors (Lipinski definition) is 4. The molecule has 20 heavy (non-hydrogen) atoms. The highest BCUT2D eigenvalue weighted by Crippen LogP contribution is 2.30. The van der Waals surface area contributed by atoms with Crippen LogP contribution in [0.4, 0.5) is 0 Å². The number of methoxy groups -OCH3 is 2. The maximum Gasteiger partial charge on any atom is 0.277 e. The van der Waals surface area contributed by atoms with E-state index in [9.17, 15) is 4.79 Å². The molecule has 0 atom stereocenters. The topological polar surface area (TPSA) is 40.5 Å². The molecular weight excluding hydrogens is 274 g/mol. The Labute approximate surface area is 119 Å². The second-order valence-electron chi connectivity index (χ2n) is 4.20. The third kappa shape index (κ3) is 1.87. The van der Waals surface area contributed by atoms with E-state index in [1.165, 1.54) is 11.5 Å². The number of benzene rings is 2. The van der Waals surface area contributed by atoms with E-state index in [-0.39, 0.29) is 5.56 Å². The van der Waals surface area contributed by atoms with E-state index in [1.807, 2.05) is 36.4 Å². The Balaban J connectivity index is 2.33. The predicted octanol–water partition coefficient (Wildman–Crippen LogP) is 3.07. The lowest BCUT2D eigenvalue weighted by Crippen LogP contribution is -2.12. The lowest BCUT2D eigenvalue weighted by Gasteiger charge is -2.06. The van der Waals surface area contributed by atoms with Gasteiger partial charge in [-0.2, -0.15) is 0 Å². The monoisotopic (exact) mass is 287 g/mol. The summed E-state index contributed by atoms with van der Waals surface area (Å²) < 4.78 is 13.1. The second kappa shape index (κ2) is 5.02. The summed E-state index contributed by atoms with van der Waals surface area (Å²) in [6.45, 7) is 0. The van der Waals surface area contributed by atoms with Crippen LogP contribution in [0.1, 0.15) is 0 Å². The van der Waals surface area contributed by atoms with E-state index in [1.54, 1.807) is 24.2 Å². The van der Waals surface area contributed by atoms with E-state index >= 15 is 0 Å². The summed E-state index contributed by atoms with van der Waals surface area (Å²) >= 11 is 1.38. The summed E-state index contributed by atoms with van der Waals surface area (Å²) in [6.07, 6.45) is 0. The lowest BCUT2D eigenvalue weighted by atomic mass is 10.2. The van der Waals surface area contributed by atoms with Crippen molar-refractivity contribution in [3.8, 4) is 17.2 Å². The molecular formula is C15H13NO3S. The number of para-hydroxylation sites is 2. The molecule has 3 aromatic rings. The van der Waals surface area contributed by atoms with E-state index in [0.29, 0.717) is 16.9 Å². The zero-order valence-electron chi connectivity index (χ0n) is 11.1. The number of fused-ring (bicyclic) bond motifs is 1. The van der Waals surface area contributed by atoms with Gasteiger partial charge >= 0.3 is 0 Å². The number of rotatable bonds is 3. The smallest absolute Gasteiger partial charge is 0.277 e. The van der Waals surface area contributed by atoms with Gasteiger partial charge in [-0.25, -0.2) is 3.96 Å². The fourth-order valence-corrected chi connectivity index (χ4v) is 3.20. The molecule has 0 saturated heterocycles. The molecule has 0 spiro atoms. The van der Waals surface area contributed by atoms with E-state index in [4.69, 9.17) is 9.47 Å². The number of aromatic nitrogens is 1. The Kier molecular flexibility index (Phi) is 3.20. The minimum Gasteiger partial charge on any atom is -0.496 e. The first-order valence-electron chi connectivity index (χ1n) is 6.08. The molecule has 0 aliphatic rings. The number of nitrogens with zero attached hydrogens (tertiary/aromatic N) is 1. The second-order valence-corrected chi connectivity index (χ2v) is 5.18. The average molecular weight is 287 g/mol. The highest BCUT2D eigenvalue weighted by Gasteiger charge is 2.15. The first-order chi connectivity index (χ1) is 9.76. The maximum atomic E-state index is 12.6. The molecule has 0 N–H and O–H groups in total. The molecule has 0 saturated carbocycles. The van der Waals surface area contributed by atoms with E-state index in [2.05, 4.69) is 0 Å². The molecule has 0 aliphatic carbocycles. The maximum absolute atomic E-state index is 12.6. The Morgan fingerprint density at radius 2 is 1.65 bits per heavy atom. The van der Waals surface area contributed by atoms with Crippen molar-refractivity contribution in [3.63, 3.8) is 0 Å². The van der Waals surface area contributed by atoms with Gasteiger partial charge in [-0.05, 0) is 24.3 Å². The summed E-state index contributed by atoms with van der Waals surface area (Å²) in [5.41, 5.74) is 0.648. The van der Waals surface area contributed by atoms with Crippen molar-refractivity contribution >= 4 is 21.6 Å². The lowest BCUT2D eigenvalue weighted by molar-refractivity contribution is 0.413. The van der Waals surface area contributed by atoms with Gasteiger partial charge in [0.15, 0.2) is 0 Å². The van der Waals surface area contributed by atoms with Crippen LogP contribution in [-0.2, 0) is 0 Å². The molecule has 1 heterocycles. The molecule has 0 amide bonds.